The van der Waals surface area contributed by atoms with Crippen molar-refractivity contribution >= 4 is 33.4 Å². The quantitative estimate of drug-likeness (QED) is 0.443. The van der Waals surface area contributed by atoms with E-state index in [0.717, 1.165) is 17.3 Å². The lowest BCUT2D eigenvalue weighted by molar-refractivity contribution is -0.107. The lowest BCUT2D eigenvalue weighted by atomic mass is 10.3. The molecule has 1 saturated heterocycles. The van der Waals surface area contributed by atoms with E-state index < -0.39 is 0 Å². The topological polar surface area (TPSA) is 29.1 Å². The van der Waals surface area contributed by atoms with Crippen LogP contribution in [0.4, 0.5) is 0 Å². The summed E-state index contributed by atoms with van der Waals surface area (Å²) in [6.07, 6.45) is 0. The van der Waals surface area contributed by atoms with E-state index in [1.165, 1.54) is 0 Å². The van der Waals surface area contributed by atoms with Crippen molar-refractivity contribution in [3.63, 3.8) is 0 Å². The molecule has 1 heterocycles. The molecular weight excluding hydrogens is 166 g/mol. The third-order valence-electron chi connectivity index (χ3n) is 1.12. The number of nitrogens with one attached hydrogen (secondary N) is 1. The fraction of sp³-hybridized carbons (Fsp3) is 0.333. The van der Waals surface area contributed by atoms with E-state index in [4.69, 9.17) is 12.2 Å². The van der Waals surface area contributed by atoms with Gasteiger partial charge in [0.15, 0.2) is 0 Å². The maximum absolute atomic E-state index is 11.0. The first-order valence-corrected chi connectivity index (χ1v) is 4.04. The van der Waals surface area contributed by atoms with Crippen LogP contribution in [0.1, 0.15) is 13.8 Å². The summed E-state index contributed by atoms with van der Waals surface area (Å²) in [7, 11) is 0. The van der Waals surface area contributed by atoms with Crippen LogP contribution in [0.3, 0.4) is 0 Å². The largest absolute Gasteiger partial charge is 0.337 e. The van der Waals surface area contributed by atoms with Gasteiger partial charge in [-0.2, -0.15) is 0 Å². The molecule has 0 radical (unpaired) electrons. The highest BCUT2D eigenvalue weighted by Gasteiger charge is 2.22. The van der Waals surface area contributed by atoms with Gasteiger partial charge in [0, 0.05) is 0 Å². The highest BCUT2D eigenvalue weighted by molar-refractivity contribution is 8.33. The van der Waals surface area contributed by atoms with E-state index >= 15 is 0 Å². The van der Waals surface area contributed by atoms with Crippen molar-refractivity contribution in [2.75, 3.05) is 0 Å². The molecule has 0 atom stereocenters. The summed E-state index contributed by atoms with van der Waals surface area (Å²) in [6, 6.07) is 0. The van der Waals surface area contributed by atoms with Gasteiger partial charge in [-0.1, -0.05) is 12.2 Å². The molecule has 2 nitrogen and oxygen atoms in total. The summed E-state index contributed by atoms with van der Waals surface area (Å²) in [5, 5.41) is 2.86. The van der Waals surface area contributed by atoms with Gasteiger partial charge in [0.2, 0.25) is 5.12 Å². The normalized spacial score (nSPS) is 17.6. The molecule has 1 aliphatic heterocycles. The third kappa shape index (κ3) is 1.38. The number of carbonyl (C=O) groups excluding carboxylic acids is 1. The molecule has 0 aromatic rings. The standard InChI is InChI=1S/C6H7NOS2/c1-3(2)4-5(8)10-6(9)7-4/h1-2H3,(H,7,9). The first-order chi connectivity index (χ1) is 4.61. The van der Waals surface area contributed by atoms with E-state index in [1.807, 2.05) is 13.8 Å². The number of carbonyl (C=O) groups is 1. The Balaban J connectivity index is 2.93. The van der Waals surface area contributed by atoms with Crippen LogP contribution < -0.4 is 5.32 Å². The maximum Gasteiger partial charge on any atom is 0.242 e. The minimum absolute atomic E-state index is 0.0324. The zero-order valence-electron chi connectivity index (χ0n) is 5.72. The zero-order chi connectivity index (χ0) is 7.72. The van der Waals surface area contributed by atoms with Crippen LogP contribution in [0.5, 0.6) is 0 Å². The van der Waals surface area contributed by atoms with Crippen molar-refractivity contribution in [3.8, 4) is 0 Å². The average Bonchev–Trinajstić information content (AvgIpc) is 2.10. The van der Waals surface area contributed by atoms with Gasteiger partial charge in [-0.05, 0) is 31.2 Å². The van der Waals surface area contributed by atoms with Crippen LogP contribution in [-0.4, -0.2) is 9.44 Å². The van der Waals surface area contributed by atoms with Crippen molar-refractivity contribution in [2.24, 2.45) is 0 Å². The number of allylic oxidation sites excluding steroid dienone is 1. The van der Waals surface area contributed by atoms with Gasteiger partial charge in [-0.3, -0.25) is 4.79 Å². The molecule has 54 valence electrons. The Hall–Kier alpha value is -0.350. The minimum atomic E-state index is 0.0324. The second-order valence-corrected chi connectivity index (χ2v) is 3.83. The summed E-state index contributed by atoms with van der Waals surface area (Å²) >= 11 is 5.87. The van der Waals surface area contributed by atoms with Crippen LogP contribution in [0, 0.1) is 0 Å². The first kappa shape index (κ1) is 7.75. The Morgan fingerprint density at radius 3 is 2.40 bits per heavy atom. The molecule has 1 N–H and O–H groups in total. The molecule has 0 aromatic heterocycles. The first-order valence-electron chi connectivity index (χ1n) is 2.82. The molecule has 0 saturated carbocycles. The predicted octanol–water partition coefficient (Wildman–Crippen LogP) is 1.43. The summed E-state index contributed by atoms with van der Waals surface area (Å²) in [5.41, 5.74) is 1.63. The number of thioether (sulfide) groups is 1. The fourth-order valence-electron chi connectivity index (χ4n) is 0.643. The SMILES string of the molecule is CC(C)=C1NC(=S)SC1=O. The van der Waals surface area contributed by atoms with Gasteiger partial charge in [0.1, 0.15) is 4.32 Å². The van der Waals surface area contributed by atoms with Crippen molar-refractivity contribution in [2.45, 2.75) is 13.8 Å². The van der Waals surface area contributed by atoms with E-state index in [0.29, 0.717) is 10.0 Å². The second-order valence-electron chi connectivity index (χ2n) is 2.18. The maximum atomic E-state index is 11.0. The molecule has 10 heavy (non-hydrogen) atoms. The average molecular weight is 173 g/mol. The van der Waals surface area contributed by atoms with Crippen molar-refractivity contribution < 1.29 is 4.79 Å². The number of rotatable bonds is 0. The Morgan fingerprint density at radius 1 is 1.60 bits per heavy atom. The molecule has 0 amide bonds. The highest BCUT2D eigenvalue weighted by Crippen LogP contribution is 2.20. The molecular formula is C6H7NOS2. The van der Waals surface area contributed by atoms with Crippen LogP contribution in [0.2, 0.25) is 0 Å². The zero-order valence-corrected chi connectivity index (χ0v) is 7.36. The van der Waals surface area contributed by atoms with E-state index in [1.54, 1.807) is 0 Å². The van der Waals surface area contributed by atoms with Gasteiger partial charge in [0.05, 0.1) is 5.70 Å². The third-order valence-corrected chi connectivity index (χ3v) is 2.15. The lowest BCUT2D eigenvalue weighted by Gasteiger charge is -1.95. The van der Waals surface area contributed by atoms with Gasteiger partial charge < -0.3 is 5.32 Å². The van der Waals surface area contributed by atoms with Gasteiger partial charge >= 0.3 is 0 Å². The Bertz CT molecular complexity index is 228. The van der Waals surface area contributed by atoms with Gasteiger partial charge in [-0.25, -0.2) is 0 Å². The smallest absolute Gasteiger partial charge is 0.242 e. The van der Waals surface area contributed by atoms with Crippen LogP contribution >= 0.6 is 24.0 Å². The molecule has 0 aromatic carbocycles. The minimum Gasteiger partial charge on any atom is -0.337 e. The second kappa shape index (κ2) is 2.72. The highest BCUT2D eigenvalue weighted by atomic mass is 32.2. The molecule has 1 aliphatic rings. The summed E-state index contributed by atoms with van der Waals surface area (Å²) in [6.45, 7) is 3.77. The molecule has 0 bridgehead atoms. The monoisotopic (exact) mass is 173 g/mol. The Kier molecular flexibility index (Phi) is 2.11. The van der Waals surface area contributed by atoms with Crippen LogP contribution in [0.15, 0.2) is 11.3 Å². The molecule has 1 fully saturated rings. The Morgan fingerprint density at radius 2 is 2.20 bits per heavy atom. The molecule has 4 heteroatoms. The Labute approximate surface area is 69.1 Å². The summed E-state index contributed by atoms with van der Waals surface area (Å²) in [4.78, 5) is 11.0. The number of hydrogen-bond acceptors (Lipinski definition) is 3. The molecule has 1 rings (SSSR count). The van der Waals surface area contributed by atoms with Crippen molar-refractivity contribution in [1.29, 1.82) is 0 Å². The van der Waals surface area contributed by atoms with E-state index in [2.05, 4.69) is 5.32 Å². The van der Waals surface area contributed by atoms with E-state index in [9.17, 15) is 4.79 Å². The molecule has 0 aliphatic carbocycles. The molecule has 0 spiro atoms. The summed E-state index contributed by atoms with van der Waals surface area (Å²) < 4.78 is 0.557. The van der Waals surface area contributed by atoms with Gasteiger partial charge in [0.25, 0.3) is 0 Å². The fourth-order valence-corrected chi connectivity index (χ4v) is 1.65. The number of hydrogen-bond donors (Lipinski definition) is 1. The van der Waals surface area contributed by atoms with Crippen molar-refractivity contribution in [1.82, 2.24) is 5.32 Å². The predicted molar refractivity (Wildman–Crippen MR) is 46.7 cm³/mol. The lowest BCUT2D eigenvalue weighted by Crippen LogP contribution is -2.11. The van der Waals surface area contributed by atoms with Crippen LogP contribution in [-0.2, 0) is 4.79 Å². The van der Waals surface area contributed by atoms with Crippen molar-refractivity contribution in [3.05, 3.63) is 11.3 Å². The summed E-state index contributed by atoms with van der Waals surface area (Å²) in [5.74, 6) is 0. The van der Waals surface area contributed by atoms with Crippen LogP contribution in [0.25, 0.3) is 0 Å². The van der Waals surface area contributed by atoms with E-state index in [-0.39, 0.29) is 5.12 Å². The molecule has 0 unspecified atom stereocenters. The number of thiocarbonyl (C=S) groups is 1. The van der Waals surface area contributed by atoms with Gasteiger partial charge in [-0.15, -0.1) is 0 Å².